The van der Waals surface area contributed by atoms with Crippen molar-refractivity contribution in [2.24, 2.45) is 5.92 Å². The number of ether oxygens (including phenoxy) is 1. The van der Waals surface area contributed by atoms with Crippen LogP contribution in [-0.2, 0) is 4.74 Å². The Morgan fingerprint density at radius 1 is 1.06 bits per heavy atom. The van der Waals surface area contributed by atoms with E-state index in [1.54, 1.807) is 0 Å². The van der Waals surface area contributed by atoms with Crippen molar-refractivity contribution in [1.82, 2.24) is 0 Å². The molecule has 0 aromatic rings. The molecule has 0 amide bonds. The first-order valence-electron chi connectivity index (χ1n) is 7.52. The molecule has 0 spiro atoms. The highest BCUT2D eigenvalue weighted by Crippen LogP contribution is 2.39. The average molecular weight is 303 g/mol. The molecule has 2 heteroatoms. The van der Waals surface area contributed by atoms with Gasteiger partial charge in [0.15, 0.2) is 0 Å². The highest BCUT2D eigenvalue weighted by Gasteiger charge is 2.37. The molecule has 0 saturated heterocycles. The van der Waals surface area contributed by atoms with Crippen molar-refractivity contribution in [2.75, 3.05) is 5.33 Å². The molecule has 0 atom stereocenters. The summed E-state index contributed by atoms with van der Waals surface area (Å²) in [6.45, 7) is 2.33. The third-order valence-corrected chi connectivity index (χ3v) is 5.83. The quantitative estimate of drug-likeness (QED) is 0.659. The summed E-state index contributed by atoms with van der Waals surface area (Å²) in [7, 11) is 0. The number of halogens is 1. The normalized spacial score (nSPS) is 36.0. The van der Waals surface area contributed by atoms with Crippen LogP contribution in [0.3, 0.4) is 0 Å². The second kappa shape index (κ2) is 6.56. The van der Waals surface area contributed by atoms with E-state index in [2.05, 4.69) is 22.9 Å². The molecule has 0 aromatic carbocycles. The van der Waals surface area contributed by atoms with Crippen molar-refractivity contribution in [1.29, 1.82) is 0 Å². The van der Waals surface area contributed by atoms with Crippen molar-refractivity contribution < 1.29 is 4.74 Å². The van der Waals surface area contributed by atoms with Gasteiger partial charge in [-0.05, 0) is 44.4 Å². The molecule has 2 fully saturated rings. The van der Waals surface area contributed by atoms with Crippen LogP contribution in [0, 0.1) is 5.92 Å². The Morgan fingerprint density at radius 3 is 2.24 bits per heavy atom. The van der Waals surface area contributed by atoms with E-state index in [1.807, 2.05) is 0 Å². The van der Waals surface area contributed by atoms with E-state index in [-0.39, 0.29) is 5.60 Å². The van der Waals surface area contributed by atoms with Crippen molar-refractivity contribution >= 4 is 15.9 Å². The van der Waals surface area contributed by atoms with Gasteiger partial charge in [0, 0.05) is 5.33 Å². The van der Waals surface area contributed by atoms with E-state index in [0.717, 1.165) is 11.2 Å². The van der Waals surface area contributed by atoms with E-state index in [9.17, 15) is 0 Å². The first kappa shape index (κ1) is 13.9. The molecule has 2 saturated carbocycles. The summed E-state index contributed by atoms with van der Waals surface area (Å²) in [5.74, 6) is 0.956. The zero-order valence-corrected chi connectivity index (χ0v) is 12.8. The van der Waals surface area contributed by atoms with Gasteiger partial charge in [0.2, 0.25) is 0 Å². The Morgan fingerprint density at radius 2 is 1.71 bits per heavy atom. The fourth-order valence-corrected chi connectivity index (χ4v) is 4.12. The summed E-state index contributed by atoms with van der Waals surface area (Å²) >= 11 is 3.71. The molecule has 2 rings (SSSR count). The summed E-state index contributed by atoms with van der Waals surface area (Å²) in [6, 6.07) is 0. The van der Waals surface area contributed by atoms with E-state index >= 15 is 0 Å². The van der Waals surface area contributed by atoms with Crippen molar-refractivity contribution in [3.8, 4) is 0 Å². The van der Waals surface area contributed by atoms with Crippen LogP contribution in [0.5, 0.6) is 0 Å². The maximum atomic E-state index is 6.51. The van der Waals surface area contributed by atoms with Crippen LogP contribution in [0.4, 0.5) is 0 Å². The molecule has 100 valence electrons. The predicted molar refractivity (Wildman–Crippen MR) is 76.7 cm³/mol. The smallest absolute Gasteiger partial charge is 0.0782 e. The van der Waals surface area contributed by atoms with Crippen molar-refractivity contribution in [2.45, 2.75) is 82.8 Å². The molecule has 0 aliphatic heterocycles. The second-order valence-electron chi connectivity index (χ2n) is 6.05. The van der Waals surface area contributed by atoms with Crippen LogP contribution in [0.25, 0.3) is 0 Å². The fraction of sp³-hybridized carbons (Fsp3) is 1.00. The Labute approximate surface area is 115 Å². The Bertz CT molecular complexity index is 215. The minimum atomic E-state index is 0.174. The number of hydrogen-bond donors (Lipinski definition) is 0. The van der Waals surface area contributed by atoms with Crippen LogP contribution >= 0.6 is 15.9 Å². The largest absolute Gasteiger partial charge is 0.371 e. The van der Waals surface area contributed by atoms with Gasteiger partial charge < -0.3 is 4.74 Å². The zero-order valence-electron chi connectivity index (χ0n) is 11.2. The standard InChI is InChI=1S/C15H27BrO/c1-2-13-8-10-15(12-16,11-9-13)17-14-6-4-3-5-7-14/h13-14H,2-12H2,1H3. The van der Waals surface area contributed by atoms with E-state index in [1.165, 1.54) is 64.2 Å². The lowest BCUT2D eigenvalue weighted by Crippen LogP contribution is -2.42. The van der Waals surface area contributed by atoms with Gasteiger partial charge >= 0.3 is 0 Å². The topological polar surface area (TPSA) is 9.23 Å². The summed E-state index contributed by atoms with van der Waals surface area (Å²) < 4.78 is 6.51. The van der Waals surface area contributed by atoms with Crippen molar-refractivity contribution in [3.63, 3.8) is 0 Å². The Balaban J connectivity index is 1.86. The molecule has 17 heavy (non-hydrogen) atoms. The molecule has 0 radical (unpaired) electrons. The molecule has 0 unspecified atom stereocenters. The minimum absolute atomic E-state index is 0.174. The second-order valence-corrected chi connectivity index (χ2v) is 6.61. The van der Waals surface area contributed by atoms with Gasteiger partial charge in [0.1, 0.15) is 0 Å². The zero-order chi connectivity index (χ0) is 12.1. The Hall–Kier alpha value is 0.440. The lowest BCUT2D eigenvalue weighted by Gasteiger charge is -2.42. The fourth-order valence-electron chi connectivity index (χ4n) is 3.43. The summed E-state index contributed by atoms with van der Waals surface area (Å²) in [5.41, 5.74) is 0.174. The number of hydrogen-bond acceptors (Lipinski definition) is 1. The molecule has 0 N–H and O–H groups in total. The van der Waals surface area contributed by atoms with Crippen molar-refractivity contribution in [3.05, 3.63) is 0 Å². The summed E-state index contributed by atoms with van der Waals surface area (Å²) in [6.07, 6.45) is 13.9. The molecule has 2 aliphatic rings. The molecule has 0 aromatic heterocycles. The third-order valence-electron chi connectivity index (χ3n) is 4.81. The van der Waals surface area contributed by atoms with Gasteiger partial charge in [0.25, 0.3) is 0 Å². The summed E-state index contributed by atoms with van der Waals surface area (Å²) in [5, 5.41) is 1.03. The molecule has 1 nitrogen and oxygen atoms in total. The van der Waals surface area contributed by atoms with Crippen LogP contribution in [0.2, 0.25) is 0 Å². The predicted octanol–water partition coefficient (Wildman–Crippen LogP) is 5.07. The van der Waals surface area contributed by atoms with Crippen LogP contribution in [-0.4, -0.2) is 17.0 Å². The van der Waals surface area contributed by atoms with Gasteiger partial charge in [-0.1, -0.05) is 48.5 Å². The highest BCUT2D eigenvalue weighted by molar-refractivity contribution is 9.09. The molecular formula is C15H27BrO. The summed E-state index contributed by atoms with van der Waals surface area (Å²) in [4.78, 5) is 0. The maximum absolute atomic E-state index is 6.51. The number of alkyl halides is 1. The monoisotopic (exact) mass is 302 g/mol. The van der Waals surface area contributed by atoms with Gasteiger partial charge in [0.05, 0.1) is 11.7 Å². The van der Waals surface area contributed by atoms with E-state index in [0.29, 0.717) is 6.10 Å². The van der Waals surface area contributed by atoms with Crippen LogP contribution in [0.15, 0.2) is 0 Å². The lowest BCUT2D eigenvalue weighted by atomic mass is 9.78. The molecular weight excluding hydrogens is 276 g/mol. The molecule has 0 heterocycles. The first-order valence-corrected chi connectivity index (χ1v) is 8.64. The number of rotatable bonds is 4. The average Bonchev–Trinajstić information content (AvgIpc) is 2.41. The highest BCUT2D eigenvalue weighted by atomic mass is 79.9. The van der Waals surface area contributed by atoms with E-state index < -0.39 is 0 Å². The minimum Gasteiger partial charge on any atom is -0.371 e. The van der Waals surface area contributed by atoms with Gasteiger partial charge in [-0.15, -0.1) is 0 Å². The van der Waals surface area contributed by atoms with Gasteiger partial charge in [-0.3, -0.25) is 0 Å². The van der Waals surface area contributed by atoms with Gasteiger partial charge in [-0.25, -0.2) is 0 Å². The third kappa shape index (κ3) is 3.70. The van der Waals surface area contributed by atoms with E-state index in [4.69, 9.17) is 4.74 Å². The molecule has 0 bridgehead atoms. The SMILES string of the molecule is CCC1CCC(CBr)(OC2CCCCC2)CC1. The van der Waals surface area contributed by atoms with Gasteiger partial charge in [-0.2, -0.15) is 0 Å². The first-order chi connectivity index (χ1) is 8.28. The Kier molecular flexibility index (Phi) is 5.35. The maximum Gasteiger partial charge on any atom is 0.0782 e. The lowest BCUT2D eigenvalue weighted by molar-refractivity contribution is -0.114. The molecule has 2 aliphatic carbocycles. The van der Waals surface area contributed by atoms with Crippen LogP contribution < -0.4 is 0 Å². The van der Waals surface area contributed by atoms with Crippen LogP contribution in [0.1, 0.15) is 71.1 Å².